The normalized spacial score (nSPS) is 13.2. The average Bonchev–Trinajstić information content (AvgIpc) is 2.26. The molecule has 1 unspecified atom stereocenters. The minimum Gasteiger partial charge on any atom is -0.478 e. The standard InChI is InChI=1S/C13H20N2O2/c1-9(13(2,3)4)15(5)11-8-10(12(16)17)6-7-14-11/h6-9H,1-5H3,(H,16,17). The van der Waals surface area contributed by atoms with Crippen LogP contribution in [-0.2, 0) is 0 Å². The molecular weight excluding hydrogens is 216 g/mol. The van der Waals surface area contributed by atoms with Crippen LogP contribution in [0.5, 0.6) is 0 Å². The largest absolute Gasteiger partial charge is 0.478 e. The van der Waals surface area contributed by atoms with E-state index in [1.165, 1.54) is 12.3 Å². The van der Waals surface area contributed by atoms with E-state index in [1.807, 2.05) is 11.9 Å². The molecule has 0 aliphatic rings. The summed E-state index contributed by atoms with van der Waals surface area (Å²) in [6.45, 7) is 8.55. The number of rotatable bonds is 3. The number of aromatic nitrogens is 1. The summed E-state index contributed by atoms with van der Waals surface area (Å²) >= 11 is 0. The van der Waals surface area contributed by atoms with Crippen molar-refractivity contribution in [2.45, 2.75) is 33.7 Å². The number of pyridine rings is 1. The molecule has 1 rings (SSSR count). The summed E-state index contributed by atoms with van der Waals surface area (Å²) in [6, 6.07) is 3.37. The fourth-order valence-corrected chi connectivity index (χ4v) is 1.52. The summed E-state index contributed by atoms with van der Waals surface area (Å²) < 4.78 is 0. The molecule has 0 radical (unpaired) electrons. The summed E-state index contributed by atoms with van der Waals surface area (Å²) in [5.41, 5.74) is 0.373. The Labute approximate surface area is 102 Å². The van der Waals surface area contributed by atoms with Crippen molar-refractivity contribution in [1.29, 1.82) is 0 Å². The first-order valence-electron chi connectivity index (χ1n) is 5.65. The van der Waals surface area contributed by atoms with Crippen molar-refractivity contribution < 1.29 is 9.90 Å². The van der Waals surface area contributed by atoms with Gasteiger partial charge in [-0.15, -0.1) is 0 Å². The lowest BCUT2D eigenvalue weighted by molar-refractivity contribution is 0.0697. The molecule has 4 heteroatoms. The molecule has 0 aromatic carbocycles. The molecule has 1 aromatic rings. The van der Waals surface area contributed by atoms with E-state index in [1.54, 1.807) is 6.07 Å². The monoisotopic (exact) mass is 236 g/mol. The van der Waals surface area contributed by atoms with Gasteiger partial charge in [0.05, 0.1) is 5.56 Å². The topological polar surface area (TPSA) is 53.4 Å². The second-order valence-electron chi connectivity index (χ2n) is 5.36. The van der Waals surface area contributed by atoms with Gasteiger partial charge in [0.25, 0.3) is 0 Å². The molecule has 1 atom stereocenters. The van der Waals surface area contributed by atoms with Crippen molar-refractivity contribution in [3.05, 3.63) is 23.9 Å². The van der Waals surface area contributed by atoms with Gasteiger partial charge in [-0.05, 0) is 24.5 Å². The smallest absolute Gasteiger partial charge is 0.335 e. The van der Waals surface area contributed by atoms with Crippen LogP contribution in [-0.4, -0.2) is 29.1 Å². The summed E-state index contributed by atoms with van der Waals surface area (Å²) in [6.07, 6.45) is 1.53. The van der Waals surface area contributed by atoms with Crippen LogP contribution in [0, 0.1) is 5.41 Å². The quantitative estimate of drug-likeness (QED) is 0.876. The predicted molar refractivity (Wildman–Crippen MR) is 68.5 cm³/mol. The number of carboxylic acids is 1. The molecule has 0 saturated heterocycles. The van der Waals surface area contributed by atoms with Crippen LogP contribution in [0.4, 0.5) is 5.82 Å². The highest BCUT2D eigenvalue weighted by Gasteiger charge is 2.25. The van der Waals surface area contributed by atoms with E-state index in [0.717, 1.165) is 0 Å². The van der Waals surface area contributed by atoms with Crippen molar-refractivity contribution in [3.63, 3.8) is 0 Å². The second kappa shape index (κ2) is 4.73. The lowest BCUT2D eigenvalue weighted by Gasteiger charge is -2.36. The molecule has 0 saturated carbocycles. The highest BCUT2D eigenvalue weighted by atomic mass is 16.4. The summed E-state index contributed by atoms with van der Waals surface area (Å²) in [4.78, 5) is 17.1. The third kappa shape index (κ3) is 3.19. The van der Waals surface area contributed by atoms with Crippen molar-refractivity contribution in [3.8, 4) is 0 Å². The van der Waals surface area contributed by atoms with Gasteiger partial charge < -0.3 is 10.0 Å². The lowest BCUT2D eigenvalue weighted by Crippen LogP contribution is -2.39. The summed E-state index contributed by atoms with van der Waals surface area (Å²) in [5.74, 6) is -0.238. The van der Waals surface area contributed by atoms with Crippen LogP contribution in [0.25, 0.3) is 0 Å². The third-order valence-electron chi connectivity index (χ3n) is 3.19. The molecule has 0 amide bonds. The van der Waals surface area contributed by atoms with Crippen molar-refractivity contribution >= 4 is 11.8 Å². The first kappa shape index (κ1) is 13.5. The average molecular weight is 236 g/mol. The minimum atomic E-state index is -0.925. The number of hydrogen-bond acceptors (Lipinski definition) is 3. The predicted octanol–water partition coefficient (Wildman–Crippen LogP) is 2.65. The number of aromatic carboxylic acids is 1. The van der Waals surface area contributed by atoms with Gasteiger partial charge in [-0.3, -0.25) is 0 Å². The van der Waals surface area contributed by atoms with Crippen LogP contribution in [0.2, 0.25) is 0 Å². The Hall–Kier alpha value is -1.58. The fraction of sp³-hybridized carbons (Fsp3) is 0.538. The van der Waals surface area contributed by atoms with Gasteiger partial charge in [0.2, 0.25) is 0 Å². The number of anilines is 1. The molecule has 17 heavy (non-hydrogen) atoms. The van der Waals surface area contributed by atoms with Crippen LogP contribution < -0.4 is 4.90 Å². The number of carbonyl (C=O) groups is 1. The SMILES string of the molecule is CC(N(C)c1cc(C(=O)O)ccn1)C(C)(C)C. The van der Waals surface area contributed by atoms with Gasteiger partial charge in [0, 0.05) is 19.3 Å². The lowest BCUT2D eigenvalue weighted by atomic mass is 9.87. The first-order valence-corrected chi connectivity index (χ1v) is 5.65. The van der Waals surface area contributed by atoms with E-state index in [0.29, 0.717) is 5.82 Å². The molecule has 0 spiro atoms. The van der Waals surface area contributed by atoms with E-state index in [-0.39, 0.29) is 17.0 Å². The summed E-state index contributed by atoms with van der Waals surface area (Å²) in [5, 5.41) is 8.94. The zero-order valence-corrected chi connectivity index (χ0v) is 11.1. The number of nitrogens with zero attached hydrogens (tertiary/aromatic N) is 2. The minimum absolute atomic E-state index is 0.107. The second-order valence-corrected chi connectivity index (χ2v) is 5.36. The van der Waals surface area contributed by atoms with E-state index in [2.05, 4.69) is 32.7 Å². The molecule has 1 N–H and O–H groups in total. The third-order valence-corrected chi connectivity index (χ3v) is 3.19. The van der Waals surface area contributed by atoms with Crippen LogP contribution >= 0.6 is 0 Å². The number of hydrogen-bond donors (Lipinski definition) is 1. The molecule has 0 aliphatic carbocycles. The summed E-state index contributed by atoms with van der Waals surface area (Å²) in [7, 11) is 1.93. The van der Waals surface area contributed by atoms with E-state index >= 15 is 0 Å². The fourth-order valence-electron chi connectivity index (χ4n) is 1.52. The molecule has 94 valence electrons. The van der Waals surface area contributed by atoms with Gasteiger partial charge in [0.15, 0.2) is 0 Å². The Bertz CT molecular complexity index is 410. The molecule has 0 bridgehead atoms. The van der Waals surface area contributed by atoms with Gasteiger partial charge in [-0.25, -0.2) is 9.78 Å². The molecular formula is C13H20N2O2. The van der Waals surface area contributed by atoms with E-state index < -0.39 is 5.97 Å². The first-order chi connectivity index (χ1) is 7.73. The van der Waals surface area contributed by atoms with Gasteiger partial charge >= 0.3 is 5.97 Å². The molecule has 4 nitrogen and oxygen atoms in total. The maximum absolute atomic E-state index is 10.9. The highest BCUT2D eigenvalue weighted by molar-refractivity contribution is 5.88. The van der Waals surface area contributed by atoms with Gasteiger partial charge in [0.1, 0.15) is 5.82 Å². The highest BCUT2D eigenvalue weighted by Crippen LogP contribution is 2.26. The Balaban J connectivity index is 3.00. The van der Waals surface area contributed by atoms with Crippen LogP contribution in [0.15, 0.2) is 18.3 Å². The molecule has 1 aromatic heterocycles. The Kier molecular flexibility index (Phi) is 3.76. The Morgan fingerprint density at radius 3 is 2.53 bits per heavy atom. The zero-order valence-electron chi connectivity index (χ0n) is 11.1. The molecule has 0 aliphatic heterocycles. The number of carboxylic acid groups (broad SMARTS) is 1. The van der Waals surface area contributed by atoms with Crippen LogP contribution in [0.1, 0.15) is 38.1 Å². The maximum atomic E-state index is 10.9. The zero-order chi connectivity index (χ0) is 13.2. The van der Waals surface area contributed by atoms with Crippen molar-refractivity contribution in [2.75, 3.05) is 11.9 Å². The van der Waals surface area contributed by atoms with Gasteiger partial charge in [-0.2, -0.15) is 0 Å². The van der Waals surface area contributed by atoms with Crippen molar-refractivity contribution in [1.82, 2.24) is 4.98 Å². The Morgan fingerprint density at radius 1 is 1.47 bits per heavy atom. The van der Waals surface area contributed by atoms with Gasteiger partial charge in [-0.1, -0.05) is 20.8 Å². The van der Waals surface area contributed by atoms with E-state index in [9.17, 15) is 4.79 Å². The molecule has 1 heterocycles. The van der Waals surface area contributed by atoms with Crippen molar-refractivity contribution in [2.24, 2.45) is 5.41 Å². The van der Waals surface area contributed by atoms with E-state index in [4.69, 9.17) is 5.11 Å². The maximum Gasteiger partial charge on any atom is 0.335 e. The Morgan fingerprint density at radius 2 is 2.06 bits per heavy atom. The van der Waals surface area contributed by atoms with Crippen LogP contribution in [0.3, 0.4) is 0 Å². The molecule has 0 fully saturated rings.